The molecule has 0 amide bonds. The van der Waals surface area contributed by atoms with Crippen LogP contribution in [-0.2, 0) is 6.54 Å². The number of aliphatic imine (C=N–C) groups is 1. The second-order valence-electron chi connectivity index (χ2n) is 5.47. The van der Waals surface area contributed by atoms with Crippen molar-refractivity contribution in [2.75, 3.05) is 20.7 Å². The van der Waals surface area contributed by atoms with Gasteiger partial charge in [0.2, 0.25) is 0 Å². The summed E-state index contributed by atoms with van der Waals surface area (Å²) in [5, 5.41) is 6.70. The molecule has 0 radical (unpaired) electrons. The summed E-state index contributed by atoms with van der Waals surface area (Å²) in [6.07, 6.45) is 0. The molecule has 24 heavy (non-hydrogen) atoms. The van der Waals surface area contributed by atoms with Gasteiger partial charge in [0.25, 0.3) is 0 Å². The Morgan fingerprint density at radius 2 is 1.83 bits per heavy atom. The molecule has 0 heterocycles. The van der Waals surface area contributed by atoms with Crippen LogP contribution >= 0.6 is 24.0 Å². The SMILES string of the molecule is CN=C(NCc1cccc(OC)c1)NCC(C)c1ccccc1.I. The molecule has 2 aromatic rings. The number of hydrogen-bond donors (Lipinski definition) is 2. The van der Waals surface area contributed by atoms with E-state index in [1.165, 1.54) is 5.56 Å². The largest absolute Gasteiger partial charge is 0.497 e. The van der Waals surface area contributed by atoms with Crippen molar-refractivity contribution in [1.29, 1.82) is 0 Å². The molecule has 0 aromatic heterocycles. The highest BCUT2D eigenvalue weighted by Crippen LogP contribution is 2.13. The van der Waals surface area contributed by atoms with Gasteiger partial charge >= 0.3 is 0 Å². The predicted octanol–water partition coefficient (Wildman–Crippen LogP) is 3.78. The maximum atomic E-state index is 5.24. The monoisotopic (exact) mass is 439 g/mol. The molecule has 0 aliphatic carbocycles. The standard InChI is InChI=1S/C19H25N3O.HI/c1-15(17-9-5-4-6-10-17)13-21-19(20-2)22-14-16-8-7-11-18(12-16)23-3;/h4-12,15H,13-14H2,1-3H3,(H2,20,21,22);1H. The molecule has 2 aromatic carbocycles. The molecule has 4 nitrogen and oxygen atoms in total. The number of halogens is 1. The van der Waals surface area contributed by atoms with Gasteiger partial charge in [-0.25, -0.2) is 0 Å². The zero-order valence-corrected chi connectivity index (χ0v) is 16.8. The molecule has 2 N–H and O–H groups in total. The third-order valence-electron chi connectivity index (χ3n) is 3.76. The van der Waals surface area contributed by atoms with Crippen LogP contribution < -0.4 is 15.4 Å². The average molecular weight is 439 g/mol. The summed E-state index contributed by atoms with van der Waals surface area (Å²) in [6.45, 7) is 3.75. The fraction of sp³-hybridized carbons (Fsp3) is 0.316. The summed E-state index contributed by atoms with van der Waals surface area (Å²) in [5.74, 6) is 2.09. The number of nitrogens with zero attached hydrogens (tertiary/aromatic N) is 1. The molecule has 0 saturated heterocycles. The second-order valence-corrected chi connectivity index (χ2v) is 5.47. The van der Waals surface area contributed by atoms with E-state index < -0.39 is 0 Å². The van der Waals surface area contributed by atoms with Gasteiger partial charge in [0.1, 0.15) is 5.75 Å². The lowest BCUT2D eigenvalue weighted by molar-refractivity contribution is 0.414. The zero-order chi connectivity index (χ0) is 16.5. The average Bonchev–Trinajstić information content (AvgIpc) is 2.62. The fourth-order valence-electron chi connectivity index (χ4n) is 2.34. The van der Waals surface area contributed by atoms with Crippen molar-refractivity contribution in [2.24, 2.45) is 4.99 Å². The quantitative estimate of drug-likeness (QED) is 0.409. The van der Waals surface area contributed by atoms with Crippen molar-refractivity contribution in [3.8, 4) is 5.75 Å². The van der Waals surface area contributed by atoms with Crippen molar-refractivity contribution < 1.29 is 4.74 Å². The van der Waals surface area contributed by atoms with Gasteiger partial charge in [-0.3, -0.25) is 4.99 Å². The smallest absolute Gasteiger partial charge is 0.191 e. The normalized spacial score (nSPS) is 12.0. The van der Waals surface area contributed by atoms with Gasteiger partial charge in [-0.15, -0.1) is 24.0 Å². The first-order valence-corrected chi connectivity index (χ1v) is 7.85. The molecule has 1 unspecified atom stereocenters. The third-order valence-corrected chi connectivity index (χ3v) is 3.76. The van der Waals surface area contributed by atoms with E-state index in [-0.39, 0.29) is 24.0 Å². The second kappa shape index (κ2) is 10.9. The van der Waals surface area contributed by atoms with Gasteiger partial charge in [-0.2, -0.15) is 0 Å². The third kappa shape index (κ3) is 6.39. The van der Waals surface area contributed by atoms with E-state index in [1.807, 2.05) is 24.3 Å². The number of rotatable bonds is 6. The highest BCUT2D eigenvalue weighted by atomic mass is 127. The number of benzene rings is 2. The zero-order valence-electron chi connectivity index (χ0n) is 14.5. The minimum Gasteiger partial charge on any atom is -0.497 e. The van der Waals surface area contributed by atoms with Crippen LogP contribution in [-0.4, -0.2) is 26.7 Å². The maximum Gasteiger partial charge on any atom is 0.191 e. The summed E-state index contributed by atoms with van der Waals surface area (Å²) < 4.78 is 5.24. The predicted molar refractivity (Wildman–Crippen MR) is 111 cm³/mol. The molecule has 0 spiro atoms. The van der Waals surface area contributed by atoms with E-state index in [2.05, 4.69) is 52.9 Å². The lowest BCUT2D eigenvalue weighted by Crippen LogP contribution is -2.38. The van der Waals surface area contributed by atoms with Crippen molar-refractivity contribution in [3.63, 3.8) is 0 Å². The van der Waals surface area contributed by atoms with Crippen molar-refractivity contribution >= 4 is 29.9 Å². The molecule has 130 valence electrons. The van der Waals surface area contributed by atoms with Crippen molar-refractivity contribution in [2.45, 2.75) is 19.4 Å². The van der Waals surface area contributed by atoms with E-state index in [4.69, 9.17) is 4.74 Å². The summed E-state index contributed by atoms with van der Waals surface area (Å²) in [4.78, 5) is 4.27. The Labute approximate surface area is 161 Å². The Balaban J connectivity index is 0.00000288. The van der Waals surface area contributed by atoms with Crippen LogP contribution in [0, 0.1) is 0 Å². The minimum atomic E-state index is 0. The number of ether oxygens (including phenoxy) is 1. The van der Waals surface area contributed by atoms with Gasteiger partial charge in [0.05, 0.1) is 7.11 Å². The number of hydrogen-bond acceptors (Lipinski definition) is 2. The molecule has 0 saturated carbocycles. The van der Waals surface area contributed by atoms with Crippen LogP contribution in [0.4, 0.5) is 0 Å². The Hall–Kier alpha value is -1.76. The van der Waals surface area contributed by atoms with Crippen molar-refractivity contribution in [1.82, 2.24) is 10.6 Å². The molecular weight excluding hydrogens is 413 g/mol. The fourth-order valence-corrected chi connectivity index (χ4v) is 2.34. The maximum absolute atomic E-state index is 5.24. The lowest BCUT2D eigenvalue weighted by atomic mass is 10.0. The van der Waals surface area contributed by atoms with E-state index in [9.17, 15) is 0 Å². The minimum absolute atomic E-state index is 0. The van der Waals surface area contributed by atoms with Gasteiger partial charge in [-0.1, -0.05) is 49.4 Å². The molecule has 5 heteroatoms. The number of guanidine groups is 1. The first kappa shape index (κ1) is 20.3. The summed E-state index contributed by atoms with van der Waals surface area (Å²) >= 11 is 0. The van der Waals surface area contributed by atoms with Crippen LogP contribution in [0.5, 0.6) is 5.75 Å². The van der Waals surface area contributed by atoms with Gasteiger partial charge in [0.15, 0.2) is 5.96 Å². The first-order valence-electron chi connectivity index (χ1n) is 7.85. The Kier molecular flexibility index (Phi) is 9.22. The highest BCUT2D eigenvalue weighted by Gasteiger charge is 2.06. The topological polar surface area (TPSA) is 45.7 Å². The van der Waals surface area contributed by atoms with Crippen LogP contribution in [0.15, 0.2) is 59.6 Å². The van der Waals surface area contributed by atoms with Gasteiger partial charge < -0.3 is 15.4 Å². The molecule has 0 bridgehead atoms. The molecule has 0 fully saturated rings. The van der Waals surface area contributed by atoms with Gasteiger partial charge in [0, 0.05) is 20.1 Å². The summed E-state index contributed by atoms with van der Waals surface area (Å²) in [6, 6.07) is 18.5. The Bertz CT molecular complexity index is 632. The van der Waals surface area contributed by atoms with Crippen molar-refractivity contribution in [3.05, 3.63) is 65.7 Å². The Morgan fingerprint density at radius 1 is 1.08 bits per heavy atom. The van der Waals surface area contributed by atoms with E-state index >= 15 is 0 Å². The van der Waals surface area contributed by atoms with Crippen LogP contribution in [0.25, 0.3) is 0 Å². The van der Waals surface area contributed by atoms with Crippen LogP contribution in [0.3, 0.4) is 0 Å². The van der Waals surface area contributed by atoms with Crippen LogP contribution in [0.1, 0.15) is 24.0 Å². The lowest BCUT2D eigenvalue weighted by Gasteiger charge is -2.16. The summed E-state index contributed by atoms with van der Waals surface area (Å²) in [7, 11) is 3.46. The molecule has 1 atom stereocenters. The molecule has 2 rings (SSSR count). The Morgan fingerprint density at radius 3 is 2.50 bits per heavy atom. The molecule has 0 aliphatic heterocycles. The molecule has 0 aliphatic rings. The molecular formula is C19H26IN3O. The van der Waals surface area contributed by atoms with Crippen LogP contribution in [0.2, 0.25) is 0 Å². The first-order chi connectivity index (χ1) is 11.2. The summed E-state index contributed by atoms with van der Waals surface area (Å²) in [5.41, 5.74) is 2.48. The number of methoxy groups -OCH3 is 1. The van der Waals surface area contributed by atoms with Gasteiger partial charge in [-0.05, 0) is 29.2 Å². The highest BCUT2D eigenvalue weighted by molar-refractivity contribution is 14.0. The number of nitrogens with one attached hydrogen (secondary N) is 2. The van der Waals surface area contributed by atoms with E-state index in [1.54, 1.807) is 14.2 Å². The van der Waals surface area contributed by atoms with E-state index in [0.717, 1.165) is 23.8 Å². The van der Waals surface area contributed by atoms with E-state index in [0.29, 0.717) is 12.5 Å².